The first-order valence-electron chi connectivity index (χ1n) is 3.50. The van der Waals surface area contributed by atoms with Crippen molar-refractivity contribution in [2.75, 3.05) is 6.61 Å². The first-order chi connectivity index (χ1) is 4.43. The summed E-state index contributed by atoms with van der Waals surface area (Å²) in [5.74, 6) is 0. The summed E-state index contributed by atoms with van der Waals surface area (Å²) < 4.78 is 5.18. The second-order valence-electron chi connectivity index (χ2n) is 2.39. The van der Waals surface area contributed by atoms with E-state index in [0.717, 1.165) is 32.2 Å². The lowest BCUT2D eigenvalue weighted by molar-refractivity contribution is -0.117. The van der Waals surface area contributed by atoms with Crippen molar-refractivity contribution in [1.82, 2.24) is 0 Å². The molecule has 1 fully saturated rings. The maximum Gasteiger partial charge on any atom is 0.148 e. The van der Waals surface area contributed by atoms with Crippen LogP contribution in [0.2, 0.25) is 0 Å². The minimum atomic E-state index is -0.104. The van der Waals surface area contributed by atoms with Crippen LogP contribution in [0.4, 0.5) is 0 Å². The molecule has 2 nitrogen and oxygen atoms in total. The Morgan fingerprint density at radius 3 is 3.00 bits per heavy atom. The molecule has 1 aliphatic rings. The molecule has 0 N–H and O–H groups in total. The monoisotopic (exact) mass is 128 g/mol. The first-order valence-corrected chi connectivity index (χ1v) is 3.50. The fourth-order valence-electron chi connectivity index (χ4n) is 1.05. The van der Waals surface area contributed by atoms with Crippen molar-refractivity contribution >= 4 is 6.29 Å². The molecule has 1 aliphatic heterocycles. The normalized spacial score (nSPS) is 29.1. The van der Waals surface area contributed by atoms with E-state index in [0.29, 0.717) is 0 Å². The van der Waals surface area contributed by atoms with Gasteiger partial charge in [-0.1, -0.05) is 12.8 Å². The van der Waals surface area contributed by atoms with Crippen molar-refractivity contribution in [1.29, 1.82) is 0 Å². The van der Waals surface area contributed by atoms with Gasteiger partial charge >= 0.3 is 0 Å². The highest BCUT2D eigenvalue weighted by molar-refractivity contribution is 5.55. The van der Waals surface area contributed by atoms with Crippen molar-refractivity contribution in [3.63, 3.8) is 0 Å². The van der Waals surface area contributed by atoms with Crippen molar-refractivity contribution in [3.8, 4) is 0 Å². The fourth-order valence-corrected chi connectivity index (χ4v) is 1.05. The summed E-state index contributed by atoms with van der Waals surface area (Å²) >= 11 is 0. The number of carbonyl (C=O) groups is 1. The molecule has 0 aliphatic carbocycles. The Bertz CT molecular complexity index is 82.9. The quantitative estimate of drug-likeness (QED) is 0.495. The number of aldehydes is 1. The third-order valence-corrected chi connectivity index (χ3v) is 1.62. The lowest BCUT2D eigenvalue weighted by Gasteiger charge is -2.04. The molecule has 9 heavy (non-hydrogen) atoms. The smallest absolute Gasteiger partial charge is 0.148 e. The average Bonchev–Trinajstić information content (AvgIpc) is 2.13. The maximum atomic E-state index is 10.2. The third kappa shape index (κ3) is 2.14. The van der Waals surface area contributed by atoms with E-state index in [-0.39, 0.29) is 6.10 Å². The van der Waals surface area contributed by atoms with E-state index in [2.05, 4.69) is 0 Å². The van der Waals surface area contributed by atoms with Crippen molar-refractivity contribution in [3.05, 3.63) is 0 Å². The maximum absolute atomic E-state index is 10.2. The van der Waals surface area contributed by atoms with Gasteiger partial charge in [-0.05, 0) is 12.8 Å². The van der Waals surface area contributed by atoms with Gasteiger partial charge in [0.1, 0.15) is 12.4 Å². The molecule has 0 radical (unpaired) electrons. The van der Waals surface area contributed by atoms with Gasteiger partial charge in [0.25, 0.3) is 0 Å². The Hall–Kier alpha value is -0.370. The van der Waals surface area contributed by atoms with Gasteiger partial charge in [-0.2, -0.15) is 0 Å². The lowest BCUT2D eigenvalue weighted by Crippen LogP contribution is -2.12. The zero-order chi connectivity index (χ0) is 6.53. The second-order valence-corrected chi connectivity index (χ2v) is 2.39. The van der Waals surface area contributed by atoms with E-state index in [4.69, 9.17) is 4.74 Å². The zero-order valence-corrected chi connectivity index (χ0v) is 5.51. The Morgan fingerprint density at radius 1 is 1.33 bits per heavy atom. The Kier molecular flexibility index (Phi) is 2.71. The van der Waals surface area contributed by atoms with Crippen LogP contribution in [0.1, 0.15) is 25.7 Å². The second kappa shape index (κ2) is 3.62. The number of hydrogen-bond acceptors (Lipinski definition) is 2. The molecule has 0 amide bonds. The Labute approximate surface area is 55.2 Å². The lowest BCUT2D eigenvalue weighted by atomic mass is 10.2. The highest BCUT2D eigenvalue weighted by Gasteiger charge is 2.09. The molecule has 0 aromatic carbocycles. The van der Waals surface area contributed by atoms with Crippen LogP contribution in [0.25, 0.3) is 0 Å². The van der Waals surface area contributed by atoms with Gasteiger partial charge in [0.2, 0.25) is 0 Å². The minimum absolute atomic E-state index is 0.104. The van der Waals surface area contributed by atoms with Crippen molar-refractivity contribution < 1.29 is 9.53 Å². The molecule has 2 heteroatoms. The van der Waals surface area contributed by atoms with Gasteiger partial charge in [0.15, 0.2) is 0 Å². The number of rotatable bonds is 1. The molecule has 1 rings (SSSR count). The number of carbonyl (C=O) groups excluding carboxylic acids is 1. The van der Waals surface area contributed by atoms with Gasteiger partial charge in [0, 0.05) is 6.61 Å². The van der Waals surface area contributed by atoms with Crippen LogP contribution in [0.3, 0.4) is 0 Å². The van der Waals surface area contributed by atoms with Gasteiger partial charge in [-0.3, -0.25) is 0 Å². The van der Waals surface area contributed by atoms with Crippen LogP contribution in [0, 0.1) is 0 Å². The number of ether oxygens (including phenoxy) is 1. The summed E-state index contributed by atoms with van der Waals surface area (Å²) in [5, 5.41) is 0. The van der Waals surface area contributed by atoms with Crippen LogP contribution in [0.15, 0.2) is 0 Å². The predicted molar refractivity (Wildman–Crippen MR) is 34.3 cm³/mol. The summed E-state index contributed by atoms with van der Waals surface area (Å²) in [5.41, 5.74) is 0. The van der Waals surface area contributed by atoms with E-state index in [1.165, 1.54) is 6.42 Å². The molecule has 0 aromatic heterocycles. The Morgan fingerprint density at radius 2 is 2.22 bits per heavy atom. The highest BCUT2D eigenvalue weighted by atomic mass is 16.5. The third-order valence-electron chi connectivity index (χ3n) is 1.62. The number of hydrogen-bond donors (Lipinski definition) is 0. The average molecular weight is 128 g/mol. The SMILES string of the molecule is O=CC1CCCCCO1. The highest BCUT2D eigenvalue weighted by Crippen LogP contribution is 2.10. The molecular weight excluding hydrogens is 116 g/mol. The largest absolute Gasteiger partial charge is 0.371 e. The fraction of sp³-hybridized carbons (Fsp3) is 0.857. The van der Waals surface area contributed by atoms with Gasteiger partial charge in [0.05, 0.1) is 0 Å². The van der Waals surface area contributed by atoms with Gasteiger partial charge < -0.3 is 9.53 Å². The molecule has 0 bridgehead atoms. The van der Waals surface area contributed by atoms with Crippen LogP contribution in [-0.4, -0.2) is 19.0 Å². The van der Waals surface area contributed by atoms with E-state index in [1.54, 1.807) is 0 Å². The standard InChI is InChI=1S/C7H12O2/c8-6-7-4-2-1-3-5-9-7/h6-7H,1-5H2. The van der Waals surface area contributed by atoms with Crippen LogP contribution in [-0.2, 0) is 9.53 Å². The van der Waals surface area contributed by atoms with Crippen molar-refractivity contribution in [2.45, 2.75) is 31.8 Å². The van der Waals surface area contributed by atoms with E-state index in [9.17, 15) is 4.79 Å². The first kappa shape index (κ1) is 6.75. The summed E-state index contributed by atoms with van der Waals surface area (Å²) in [6.45, 7) is 0.767. The van der Waals surface area contributed by atoms with Gasteiger partial charge in [-0.25, -0.2) is 0 Å². The zero-order valence-electron chi connectivity index (χ0n) is 5.51. The summed E-state index contributed by atoms with van der Waals surface area (Å²) in [6, 6.07) is 0. The van der Waals surface area contributed by atoms with E-state index < -0.39 is 0 Å². The van der Waals surface area contributed by atoms with Gasteiger partial charge in [-0.15, -0.1) is 0 Å². The predicted octanol–water partition coefficient (Wildman–Crippen LogP) is 1.14. The molecule has 0 saturated carbocycles. The van der Waals surface area contributed by atoms with E-state index >= 15 is 0 Å². The van der Waals surface area contributed by atoms with Crippen LogP contribution < -0.4 is 0 Å². The molecule has 1 heterocycles. The molecule has 1 atom stereocenters. The molecule has 0 aromatic rings. The minimum Gasteiger partial charge on any atom is -0.371 e. The molecule has 1 unspecified atom stereocenters. The summed E-state index contributed by atoms with van der Waals surface area (Å²) in [7, 11) is 0. The Balaban J connectivity index is 2.26. The van der Waals surface area contributed by atoms with Crippen molar-refractivity contribution in [2.24, 2.45) is 0 Å². The summed E-state index contributed by atoms with van der Waals surface area (Å²) in [6.07, 6.45) is 5.19. The molecule has 1 saturated heterocycles. The van der Waals surface area contributed by atoms with Crippen LogP contribution in [0.5, 0.6) is 0 Å². The van der Waals surface area contributed by atoms with E-state index in [1.807, 2.05) is 0 Å². The topological polar surface area (TPSA) is 26.3 Å². The molecule has 0 spiro atoms. The van der Waals surface area contributed by atoms with Crippen LogP contribution >= 0.6 is 0 Å². The summed E-state index contributed by atoms with van der Waals surface area (Å²) in [4.78, 5) is 10.2. The molecule has 52 valence electrons. The molecular formula is C7H12O2.